The zero-order valence-corrected chi connectivity index (χ0v) is 21.5. The summed E-state index contributed by atoms with van der Waals surface area (Å²) in [4.78, 5) is 20.2. The van der Waals surface area contributed by atoms with Gasteiger partial charge >= 0.3 is 0 Å². The van der Waals surface area contributed by atoms with Crippen molar-refractivity contribution < 1.29 is 0 Å². The molecule has 0 amide bonds. The van der Waals surface area contributed by atoms with Gasteiger partial charge in [0, 0.05) is 44.4 Å². The van der Waals surface area contributed by atoms with Gasteiger partial charge in [0.2, 0.25) is 0 Å². The number of fused-ring (bicyclic) bond motifs is 6. The van der Waals surface area contributed by atoms with E-state index in [9.17, 15) is 0 Å². The third-order valence-electron chi connectivity index (χ3n) is 7.44. The molecule has 0 unspecified atom stereocenters. The number of para-hydroxylation sites is 1. The van der Waals surface area contributed by atoms with E-state index in [0.717, 1.165) is 77.4 Å². The van der Waals surface area contributed by atoms with Gasteiger partial charge in [-0.2, -0.15) is 0 Å². The van der Waals surface area contributed by atoms with Crippen LogP contribution in [-0.2, 0) is 0 Å². The summed E-state index contributed by atoms with van der Waals surface area (Å²) in [6.07, 6.45) is 1.83. The molecule has 0 radical (unpaired) electrons. The molecule has 0 spiro atoms. The molecular weight excluding hydrogens is 488 g/mol. The predicted molar refractivity (Wildman–Crippen MR) is 164 cm³/mol. The quantitative estimate of drug-likeness (QED) is 0.176. The minimum absolute atomic E-state index is 0.890. The number of benzene rings is 4. The highest BCUT2D eigenvalue weighted by atomic mass is 14.8. The van der Waals surface area contributed by atoms with Crippen molar-refractivity contribution >= 4 is 43.6 Å². The average Bonchev–Trinajstić information content (AvgIpc) is 3.04. The summed E-state index contributed by atoms with van der Waals surface area (Å²) in [6, 6.07) is 43.6. The smallest absolute Gasteiger partial charge is 0.0972 e. The normalized spacial score (nSPS) is 11.5. The molecule has 186 valence electrons. The van der Waals surface area contributed by atoms with E-state index in [1.54, 1.807) is 0 Å². The molecule has 0 saturated carbocycles. The average molecular weight is 511 g/mol. The largest absolute Gasteiger partial charge is 0.254 e. The number of hydrogen-bond donors (Lipinski definition) is 0. The summed E-state index contributed by atoms with van der Waals surface area (Å²) in [5, 5.41) is 4.15. The highest BCUT2D eigenvalue weighted by Gasteiger charge is 2.17. The van der Waals surface area contributed by atoms with E-state index in [-0.39, 0.29) is 0 Å². The van der Waals surface area contributed by atoms with Crippen LogP contribution in [-0.4, -0.2) is 19.9 Å². The Morgan fingerprint density at radius 2 is 1.07 bits per heavy atom. The zero-order chi connectivity index (χ0) is 26.5. The maximum Gasteiger partial charge on any atom is 0.0972 e. The van der Waals surface area contributed by atoms with Crippen LogP contribution in [0, 0.1) is 0 Å². The van der Waals surface area contributed by atoms with Gasteiger partial charge in [-0.25, -0.2) is 15.0 Å². The maximum absolute atomic E-state index is 5.26. The van der Waals surface area contributed by atoms with Crippen molar-refractivity contribution in [1.82, 2.24) is 19.9 Å². The monoisotopic (exact) mass is 510 g/mol. The summed E-state index contributed by atoms with van der Waals surface area (Å²) < 4.78 is 0. The summed E-state index contributed by atoms with van der Waals surface area (Å²) in [5.74, 6) is 0. The van der Waals surface area contributed by atoms with E-state index >= 15 is 0 Å². The molecule has 0 aliphatic rings. The molecule has 8 aromatic rings. The molecule has 4 aromatic carbocycles. The molecule has 0 atom stereocenters. The zero-order valence-electron chi connectivity index (χ0n) is 21.5. The van der Waals surface area contributed by atoms with Crippen LogP contribution in [0.4, 0.5) is 0 Å². The standard InChI is InChI=1S/C36H22N4/c1-3-10-23(11-4-1)31-21-27(22-32(38-31)24-12-5-2-6-13-24)33-29-20-26-18-17-25-14-9-19-37-34(25)35(26)40-36(29)28-15-7-8-16-30(28)39-33/h1-22H. The number of rotatable bonds is 3. The fourth-order valence-electron chi connectivity index (χ4n) is 5.51. The first-order valence-electron chi connectivity index (χ1n) is 13.3. The molecule has 40 heavy (non-hydrogen) atoms. The van der Waals surface area contributed by atoms with Gasteiger partial charge in [-0.3, -0.25) is 4.98 Å². The van der Waals surface area contributed by atoms with Crippen LogP contribution in [0.25, 0.3) is 77.4 Å². The second kappa shape index (κ2) is 9.07. The number of nitrogens with zero attached hydrogens (tertiary/aromatic N) is 4. The fourth-order valence-corrected chi connectivity index (χ4v) is 5.51. The van der Waals surface area contributed by atoms with Crippen molar-refractivity contribution in [2.24, 2.45) is 0 Å². The predicted octanol–water partition coefficient (Wildman–Crippen LogP) is 8.88. The summed E-state index contributed by atoms with van der Waals surface area (Å²) in [7, 11) is 0. The van der Waals surface area contributed by atoms with Gasteiger partial charge in [0.05, 0.1) is 39.1 Å². The Morgan fingerprint density at radius 3 is 1.82 bits per heavy atom. The highest BCUT2D eigenvalue weighted by molar-refractivity contribution is 6.15. The summed E-state index contributed by atoms with van der Waals surface area (Å²) in [6.45, 7) is 0. The Labute approximate surface area is 230 Å². The van der Waals surface area contributed by atoms with E-state index in [4.69, 9.17) is 15.0 Å². The lowest BCUT2D eigenvalue weighted by atomic mass is 9.98. The Morgan fingerprint density at radius 1 is 0.400 bits per heavy atom. The van der Waals surface area contributed by atoms with E-state index in [2.05, 4.69) is 77.8 Å². The minimum Gasteiger partial charge on any atom is -0.254 e. The minimum atomic E-state index is 0.890. The number of pyridine rings is 4. The SMILES string of the molecule is c1ccc(-c2cc(-c3nc4ccccc4c4nc5c(ccc6cccnc65)cc34)cc(-c3ccccc3)n2)cc1. The van der Waals surface area contributed by atoms with Crippen LogP contribution in [0.3, 0.4) is 0 Å². The van der Waals surface area contributed by atoms with Crippen molar-refractivity contribution in [3.05, 3.63) is 134 Å². The van der Waals surface area contributed by atoms with Crippen LogP contribution in [0.15, 0.2) is 134 Å². The molecule has 4 nitrogen and oxygen atoms in total. The second-order valence-corrected chi connectivity index (χ2v) is 9.93. The van der Waals surface area contributed by atoms with Crippen LogP contribution in [0.2, 0.25) is 0 Å². The Bertz CT molecular complexity index is 2150. The Balaban J connectivity index is 1.48. The molecule has 0 N–H and O–H groups in total. The van der Waals surface area contributed by atoms with E-state index in [1.165, 1.54) is 0 Å². The van der Waals surface area contributed by atoms with Gasteiger partial charge in [0.15, 0.2) is 0 Å². The van der Waals surface area contributed by atoms with Crippen molar-refractivity contribution in [3.8, 4) is 33.8 Å². The van der Waals surface area contributed by atoms with Gasteiger partial charge in [0.1, 0.15) is 0 Å². The molecule has 4 aromatic heterocycles. The first-order valence-corrected chi connectivity index (χ1v) is 13.3. The van der Waals surface area contributed by atoms with Crippen molar-refractivity contribution in [3.63, 3.8) is 0 Å². The van der Waals surface area contributed by atoms with Crippen LogP contribution < -0.4 is 0 Å². The number of aromatic nitrogens is 4. The molecule has 8 rings (SSSR count). The molecule has 4 heteroatoms. The van der Waals surface area contributed by atoms with Gasteiger partial charge in [0.25, 0.3) is 0 Å². The van der Waals surface area contributed by atoms with E-state index < -0.39 is 0 Å². The lowest BCUT2D eigenvalue weighted by Crippen LogP contribution is -1.96. The van der Waals surface area contributed by atoms with Crippen LogP contribution in [0.5, 0.6) is 0 Å². The van der Waals surface area contributed by atoms with Gasteiger partial charge in [-0.15, -0.1) is 0 Å². The first-order chi connectivity index (χ1) is 19.8. The maximum atomic E-state index is 5.26. The molecule has 0 fully saturated rings. The molecule has 0 aliphatic heterocycles. The van der Waals surface area contributed by atoms with E-state index in [1.807, 2.05) is 60.8 Å². The third kappa shape index (κ3) is 3.69. The first kappa shape index (κ1) is 22.5. The Kier molecular flexibility index (Phi) is 5.10. The van der Waals surface area contributed by atoms with Crippen molar-refractivity contribution in [2.75, 3.05) is 0 Å². The third-order valence-corrected chi connectivity index (χ3v) is 7.44. The lowest BCUT2D eigenvalue weighted by Gasteiger charge is -2.14. The second-order valence-electron chi connectivity index (χ2n) is 9.93. The summed E-state index contributed by atoms with van der Waals surface area (Å²) in [5.41, 5.74) is 9.47. The molecular formula is C36H22N4. The van der Waals surface area contributed by atoms with Gasteiger partial charge in [-0.1, -0.05) is 97.1 Å². The molecule has 0 bridgehead atoms. The van der Waals surface area contributed by atoms with Crippen LogP contribution >= 0.6 is 0 Å². The summed E-state index contributed by atoms with van der Waals surface area (Å²) >= 11 is 0. The van der Waals surface area contributed by atoms with Crippen molar-refractivity contribution in [1.29, 1.82) is 0 Å². The van der Waals surface area contributed by atoms with Gasteiger partial charge < -0.3 is 0 Å². The molecule has 4 heterocycles. The van der Waals surface area contributed by atoms with Crippen molar-refractivity contribution in [2.45, 2.75) is 0 Å². The molecule has 0 saturated heterocycles. The fraction of sp³-hybridized carbons (Fsp3) is 0. The lowest BCUT2D eigenvalue weighted by molar-refractivity contribution is 1.31. The molecule has 0 aliphatic carbocycles. The van der Waals surface area contributed by atoms with Gasteiger partial charge in [-0.05, 0) is 30.3 Å². The van der Waals surface area contributed by atoms with Crippen LogP contribution in [0.1, 0.15) is 0 Å². The van der Waals surface area contributed by atoms with E-state index in [0.29, 0.717) is 0 Å². The Hall–Kier alpha value is -5.48. The topological polar surface area (TPSA) is 51.6 Å². The number of hydrogen-bond acceptors (Lipinski definition) is 4. The highest BCUT2D eigenvalue weighted by Crippen LogP contribution is 2.37.